The van der Waals surface area contributed by atoms with Crippen LogP contribution >= 0.6 is 15.9 Å². The number of aryl methyl sites for hydroxylation is 1. The molecule has 11 nitrogen and oxygen atoms in total. The first-order valence-electron chi connectivity index (χ1n) is 9.64. The average molecular weight is 507 g/mol. The summed E-state index contributed by atoms with van der Waals surface area (Å²) in [5, 5.41) is 13.5. The Labute approximate surface area is 192 Å². The van der Waals surface area contributed by atoms with Crippen LogP contribution in [0.25, 0.3) is 0 Å². The minimum Gasteiger partial charge on any atom is -0.493 e. The van der Waals surface area contributed by atoms with Crippen molar-refractivity contribution in [1.82, 2.24) is 30.6 Å². The molecule has 1 aromatic carbocycles. The maximum Gasteiger partial charge on any atom is 0.316 e. The number of hydrogen-bond donors (Lipinski definition) is 2. The normalized spacial score (nSPS) is 10.7. The van der Waals surface area contributed by atoms with Crippen molar-refractivity contribution in [3.8, 4) is 11.5 Å². The van der Waals surface area contributed by atoms with Crippen LogP contribution in [-0.4, -0.2) is 59.0 Å². The number of nitrogens with zero attached hydrogens (tertiary/aromatic N) is 4. The molecule has 0 atom stereocenters. The number of carbonyl (C=O) groups excluding carboxylic acids is 2. The van der Waals surface area contributed by atoms with E-state index in [1.807, 2.05) is 13.8 Å². The number of benzene rings is 1. The van der Waals surface area contributed by atoms with Crippen molar-refractivity contribution in [3.05, 3.63) is 51.3 Å². The molecular weight excluding hydrogens is 484 g/mol. The summed E-state index contributed by atoms with van der Waals surface area (Å²) < 4.78 is 18.0. The van der Waals surface area contributed by atoms with Crippen molar-refractivity contribution in [2.75, 3.05) is 27.3 Å². The molecule has 0 aliphatic heterocycles. The second-order valence-electron chi connectivity index (χ2n) is 6.74. The summed E-state index contributed by atoms with van der Waals surface area (Å²) in [6.45, 7) is 4.46. The number of amides is 2. The highest BCUT2D eigenvalue weighted by Gasteiger charge is 2.17. The molecule has 0 radical (unpaired) electrons. The van der Waals surface area contributed by atoms with Gasteiger partial charge in [-0.2, -0.15) is 10.1 Å². The van der Waals surface area contributed by atoms with E-state index in [1.165, 1.54) is 14.2 Å². The van der Waals surface area contributed by atoms with E-state index in [0.29, 0.717) is 22.9 Å². The lowest BCUT2D eigenvalue weighted by Crippen LogP contribution is -2.34. The van der Waals surface area contributed by atoms with E-state index in [2.05, 4.69) is 41.8 Å². The fourth-order valence-corrected chi connectivity index (χ4v) is 3.16. The van der Waals surface area contributed by atoms with Crippen LogP contribution in [0.5, 0.6) is 11.5 Å². The smallest absolute Gasteiger partial charge is 0.316 e. The van der Waals surface area contributed by atoms with Crippen LogP contribution in [0.2, 0.25) is 0 Å². The molecule has 0 fully saturated rings. The van der Waals surface area contributed by atoms with Gasteiger partial charge in [-0.25, -0.2) is 0 Å². The van der Waals surface area contributed by atoms with Crippen LogP contribution in [0.3, 0.4) is 0 Å². The van der Waals surface area contributed by atoms with Gasteiger partial charge >= 0.3 is 11.8 Å². The number of carbonyl (C=O) groups is 2. The molecule has 0 bridgehead atoms. The van der Waals surface area contributed by atoms with Crippen LogP contribution in [0.1, 0.15) is 38.3 Å². The molecule has 2 heterocycles. The van der Waals surface area contributed by atoms with Gasteiger partial charge in [-0.1, -0.05) is 5.16 Å². The third-order valence-corrected chi connectivity index (χ3v) is 5.74. The molecule has 32 heavy (non-hydrogen) atoms. The van der Waals surface area contributed by atoms with Gasteiger partial charge in [0.1, 0.15) is 6.54 Å². The molecule has 12 heteroatoms. The summed E-state index contributed by atoms with van der Waals surface area (Å²) in [7, 11) is 3.01. The minimum atomic E-state index is -0.529. The summed E-state index contributed by atoms with van der Waals surface area (Å²) in [6, 6.07) is 4.85. The van der Waals surface area contributed by atoms with Crippen molar-refractivity contribution in [2.45, 2.75) is 20.4 Å². The number of nitrogens with one attached hydrogen (secondary N) is 2. The predicted molar refractivity (Wildman–Crippen MR) is 117 cm³/mol. The lowest BCUT2D eigenvalue weighted by atomic mass is 10.2. The van der Waals surface area contributed by atoms with Gasteiger partial charge < -0.3 is 24.6 Å². The standard InChI is InChI=1S/C20H23BrN6O5/c1-11-17(21)12(2)27(25-11)10-16-24-20(32-26-16)19(29)23-8-7-22-18(28)13-5-6-14(30-3)15(9-13)31-4/h5-6,9H,7-8,10H2,1-4H3,(H,22,28)(H,23,29). The molecule has 0 spiro atoms. The van der Waals surface area contributed by atoms with Crippen LogP contribution in [0.4, 0.5) is 0 Å². The number of halogens is 1. The van der Waals surface area contributed by atoms with E-state index in [9.17, 15) is 9.59 Å². The van der Waals surface area contributed by atoms with Crippen LogP contribution in [0, 0.1) is 13.8 Å². The number of ether oxygens (including phenoxy) is 2. The second kappa shape index (κ2) is 10.3. The number of rotatable bonds is 9. The van der Waals surface area contributed by atoms with Gasteiger partial charge in [0.15, 0.2) is 17.3 Å². The molecule has 170 valence electrons. The Morgan fingerprint density at radius 3 is 2.41 bits per heavy atom. The molecule has 0 aliphatic rings. The minimum absolute atomic E-state index is 0.160. The first kappa shape index (κ1) is 23.3. The zero-order valence-corrected chi connectivity index (χ0v) is 19.6. The Balaban J connectivity index is 1.48. The van der Waals surface area contributed by atoms with Gasteiger partial charge in [-0.05, 0) is 48.0 Å². The fraction of sp³-hybridized carbons (Fsp3) is 0.350. The fourth-order valence-electron chi connectivity index (χ4n) is 2.88. The van der Waals surface area contributed by atoms with Crippen molar-refractivity contribution in [2.24, 2.45) is 0 Å². The Morgan fingerprint density at radius 2 is 1.78 bits per heavy atom. The van der Waals surface area contributed by atoms with Gasteiger partial charge in [0.2, 0.25) is 0 Å². The predicted octanol–water partition coefficient (Wildman–Crippen LogP) is 1.87. The highest BCUT2D eigenvalue weighted by molar-refractivity contribution is 9.10. The van der Waals surface area contributed by atoms with Gasteiger partial charge in [-0.3, -0.25) is 14.3 Å². The Hall–Kier alpha value is -3.41. The first-order chi connectivity index (χ1) is 15.3. The van der Waals surface area contributed by atoms with Gasteiger partial charge in [0, 0.05) is 18.7 Å². The van der Waals surface area contributed by atoms with Gasteiger partial charge in [0.05, 0.1) is 30.1 Å². The van der Waals surface area contributed by atoms with Crippen molar-refractivity contribution < 1.29 is 23.6 Å². The molecular formula is C20H23BrN6O5. The molecule has 0 saturated carbocycles. The highest BCUT2D eigenvalue weighted by Crippen LogP contribution is 2.27. The zero-order valence-electron chi connectivity index (χ0n) is 18.1. The molecule has 3 rings (SSSR count). The van der Waals surface area contributed by atoms with E-state index in [1.54, 1.807) is 22.9 Å². The quantitative estimate of drug-likeness (QED) is 0.420. The zero-order chi connectivity index (χ0) is 23.3. The SMILES string of the molecule is COc1ccc(C(=O)NCCNC(=O)c2nc(Cn3nc(C)c(Br)c3C)no2)cc1OC. The Bertz CT molecular complexity index is 1130. The summed E-state index contributed by atoms with van der Waals surface area (Å²) in [6.07, 6.45) is 0. The van der Waals surface area contributed by atoms with Crippen LogP contribution in [0.15, 0.2) is 27.2 Å². The first-order valence-corrected chi connectivity index (χ1v) is 10.4. The lowest BCUT2D eigenvalue weighted by Gasteiger charge is -2.10. The summed E-state index contributed by atoms with van der Waals surface area (Å²) in [4.78, 5) is 28.6. The van der Waals surface area contributed by atoms with Gasteiger partial charge in [-0.15, -0.1) is 0 Å². The average Bonchev–Trinajstić information content (AvgIpc) is 3.36. The maximum absolute atomic E-state index is 12.3. The van der Waals surface area contributed by atoms with Crippen molar-refractivity contribution >= 4 is 27.7 Å². The summed E-state index contributed by atoms with van der Waals surface area (Å²) >= 11 is 3.46. The van der Waals surface area contributed by atoms with E-state index < -0.39 is 5.91 Å². The molecule has 3 aromatic rings. The van der Waals surface area contributed by atoms with Crippen molar-refractivity contribution in [1.29, 1.82) is 0 Å². The van der Waals surface area contributed by atoms with Crippen molar-refractivity contribution in [3.63, 3.8) is 0 Å². The maximum atomic E-state index is 12.3. The Kier molecular flexibility index (Phi) is 7.46. The van der Waals surface area contributed by atoms with Crippen LogP contribution < -0.4 is 20.1 Å². The van der Waals surface area contributed by atoms with E-state index in [0.717, 1.165) is 15.9 Å². The lowest BCUT2D eigenvalue weighted by molar-refractivity contribution is 0.0898. The third kappa shape index (κ3) is 5.25. The number of aromatic nitrogens is 4. The third-order valence-electron chi connectivity index (χ3n) is 4.59. The topological polar surface area (TPSA) is 133 Å². The van der Waals surface area contributed by atoms with Gasteiger partial charge in [0.25, 0.3) is 5.91 Å². The highest BCUT2D eigenvalue weighted by atomic mass is 79.9. The van der Waals surface area contributed by atoms with Crippen LogP contribution in [-0.2, 0) is 6.54 Å². The summed E-state index contributed by atoms with van der Waals surface area (Å²) in [5.41, 5.74) is 2.17. The molecule has 2 aromatic heterocycles. The molecule has 2 N–H and O–H groups in total. The second-order valence-corrected chi connectivity index (χ2v) is 7.53. The van der Waals surface area contributed by atoms with E-state index in [-0.39, 0.29) is 31.4 Å². The van der Waals surface area contributed by atoms with E-state index in [4.69, 9.17) is 14.0 Å². The molecule has 0 unspecified atom stereocenters. The largest absolute Gasteiger partial charge is 0.493 e. The number of hydrogen-bond acceptors (Lipinski definition) is 8. The Morgan fingerprint density at radius 1 is 1.09 bits per heavy atom. The molecule has 0 aliphatic carbocycles. The monoisotopic (exact) mass is 506 g/mol. The summed E-state index contributed by atoms with van der Waals surface area (Å²) in [5.74, 6) is 0.311. The molecule has 2 amide bonds. The number of methoxy groups -OCH3 is 2. The molecule has 0 saturated heterocycles. The van der Waals surface area contributed by atoms with E-state index >= 15 is 0 Å².